The van der Waals surface area contributed by atoms with Crippen molar-refractivity contribution in [3.8, 4) is 11.1 Å². The molecule has 2 aromatic carbocycles. The van der Waals surface area contributed by atoms with Crippen LogP contribution in [-0.4, -0.2) is 4.87 Å². The summed E-state index contributed by atoms with van der Waals surface area (Å²) in [6.07, 6.45) is 0. The predicted molar refractivity (Wildman–Crippen MR) is 64.3 cm³/mol. The van der Waals surface area contributed by atoms with E-state index >= 15 is 0 Å². The molecule has 0 unspecified atom stereocenters. The van der Waals surface area contributed by atoms with Crippen molar-refractivity contribution in [3.05, 3.63) is 58.2 Å². The Morgan fingerprint density at radius 2 is 1.88 bits per heavy atom. The van der Waals surface area contributed by atoms with E-state index < -0.39 is 0 Å². The standard InChI is InChI=1S/C12H9ClFN2O/c13-9-5-8(6-10(7-9)16(15)17)11-3-1-2-4-12(11)14/h1-7H,(H2,15,17)/q+1. The second-order valence-electron chi connectivity index (χ2n) is 3.50. The molecule has 0 bridgehead atoms. The van der Waals surface area contributed by atoms with Crippen LogP contribution in [0.15, 0.2) is 42.5 Å². The summed E-state index contributed by atoms with van der Waals surface area (Å²) < 4.78 is 13.6. The van der Waals surface area contributed by atoms with Gasteiger partial charge in [0.1, 0.15) is 5.82 Å². The lowest BCUT2D eigenvalue weighted by molar-refractivity contribution is -0.474. The fourth-order valence-corrected chi connectivity index (χ4v) is 1.78. The molecule has 0 fully saturated rings. The molecule has 0 aromatic heterocycles. The third-order valence-electron chi connectivity index (χ3n) is 2.32. The fourth-order valence-electron chi connectivity index (χ4n) is 1.55. The van der Waals surface area contributed by atoms with Gasteiger partial charge >= 0.3 is 0 Å². The topological polar surface area (TPSA) is 46.1 Å². The summed E-state index contributed by atoms with van der Waals surface area (Å²) in [6, 6.07) is 10.7. The van der Waals surface area contributed by atoms with Crippen molar-refractivity contribution in [1.29, 1.82) is 0 Å². The monoisotopic (exact) mass is 251 g/mol. The van der Waals surface area contributed by atoms with E-state index in [-0.39, 0.29) is 16.4 Å². The maximum atomic E-state index is 13.6. The largest absolute Gasteiger partial charge is 0.293 e. The molecule has 5 heteroatoms. The van der Waals surface area contributed by atoms with Crippen LogP contribution in [-0.2, 0) is 0 Å². The number of nitroso groups, excluding NO2 is 1. The second kappa shape index (κ2) is 4.51. The van der Waals surface area contributed by atoms with Gasteiger partial charge in [0.25, 0.3) is 5.69 Å². The van der Waals surface area contributed by atoms with Crippen LogP contribution >= 0.6 is 11.6 Å². The summed E-state index contributed by atoms with van der Waals surface area (Å²) in [5, 5.41) is 0.326. The van der Waals surface area contributed by atoms with Crippen LogP contribution in [0.25, 0.3) is 11.1 Å². The van der Waals surface area contributed by atoms with Crippen molar-refractivity contribution >= 4 is 17.3 Å². The molecule has 0 saturated carbocycles. The van der Waals surface area contributed by atoms with E-state index in [9.17, 15) is 9.30 Å². The van der Waals surface area contributed by atoms with Crippen LogP contribution in [0.2, 0.25) is 5.02 Å². The van der Waals surface area contributed by atoms with Gasteiger partial charge < -0.3 is 0 Å². The molecular formula is C12H9ClFN2O+. The molecule has 0 aliphatic rings. The molecule has 0 atom stereocenters. The van der Waals surface area contributed by atoms with E-state index in [0.717, 1.165) is 0 Å². The Morgan fingerprint density at radius 1 is 1.18 bits per heavy atom. The van der Waals surface area contributed by atoms with Crippen molar-refractivity contribution in [2.24, 2.45) is 5.84 Å². The fraction of sp³-hybridized carbons (Fsp3) is 0. The molecule has 0 saturated heterocycles. The van der Waals surface area contributed by atoms with Gasteiger partial charge in [0.2, 0.25) is 0 Å². The Balaban J connectivity index is 2.60. The summed E-state index contributed by atoms with van der Waals surface area (Å²) in [4.78, 5) is 11.2. The lowest BCUT2D eigenvalue weighted by Gasteiger charge is -2.03. The molecule has 2 N–H and O–H groups in total. The summed E-state index contributed by atoms with van der Waals surface area (Å²) >= 11 is 5.85. The first kappa shape index (κ1) is 11.5. The molecule has 0 heterocycles. The first-order chi connectivity index (χ1) is 8.08. The lowest BCUT2D eigenvalue weighted by Crippen LogP contribution is -2.08. The zero-order valence-electron chi connectivity index (χ0n) is 8.73. The Labute approximate surface area is 102 Å². The van der Waals surface area contributed by atoms with E-state index in [1.807, 2.05) is 0 Å². The SMILES string of the molecule is N[N+](=O)c1cc(Cl)cc(-c2ccccc2F)c1. The molecular weight excluding hydrogens is 243 g/mol. The van der Waals surface area contributed by atoms with Crippen LogP contribution in [0, 0.1) is 10.7 Å². The molecule has 3 nitrogen and oxygen atoms in total. The maximum Gasteiger partial charge on any atom is 0.293 e. The van der Waals surface area contributed by atoms with E-state index in [1.165, 1.54) is 18.2 Å². The quantitative estimate of drug-likeness (QED) is 0.505. The molecule has 86 valence electrons. The van der Waals surface area contributed by atoms with Crippen LogP contribution in [0.1, 0.15) is 0 Å². The van der Waals surface area contributed by atoms with Gasteiger partial charge in [-0.2, -0.15) is 5.84 Å². The molecule has 0 aliphatic heterocycles. The number of nitrogens with two attached hydrogens (primary N) is 1. The third kappa shape index (κ3) is 2.42. The normalized spacial score (nSPS) is 10.2. The molecule has 0 aliphatic carbocycles. The highest BCUT2D eigenvalue weighted by atomic mass is 35.5. The van der Waals surface area contributed by atoms with Gasteiger partial charge in [-0.1, -0.05) is 29.8 Å². The second-order valence-corrected chi connectivity index (χ2v) is 3.94. The minimum atomic E-state index is -0.379. The lowest BCUT2D eigenvalue weighted by atomic mass is 10.0. The van der Waals surface area contributed by atoms with Crippen molar-refractivity contribution in [2.45, 2.75) is 0 Å². The van der Waals surface area contributed by atoms with Crippen LogP contribution in [0.3, 0.4) is 0 Å². The summed E-state index contributed by atoms with van der Waals surface area (Å²) in [5.41, 5.74) is 1.06. The van der Waals surface area contributed by atoms with Crippen molar-refractivity contribution < 1.29 is 9.26 Å². The van der Waals surface area contributed by atoms with E-state index in [2.05, 4.69) is 0 Å². The Hall–Kier alpha value is -1.94. The smallest absolute Gasteiger partial charge is 0.206 e. The molecule has 0 spiro atoms. The zero-order valence-corrected chi connectivity index (χ0v) is 9.49. The predicted octanol–water partition coefficient (Wildman–Crippen LogP) is 3.43. The Bertz CT molecular complexity index is 586. The highest BCUT2D eigenvalue weighted by molar-refractivity contribution is 6.31. The first-order valence-corrected chi connectivity index (χ1v) is 5.23. The number of hydrazine groups is 1. The van der Waals surface area contributed by atoms with Gasteiger partial charge in [-0.05, 0) is 17.7 Å². The summed E-state index contributed by atoms with van der Waals surface area (Å²) in [6.45, 7) is 0. The molecule has 17 heavy (non-hydrogen) atoms. The minimum Gasteiger partial charge on any atom is -0.206 e. The van der Waals surface area contributed by atoms with Gasteiger partial charge in [0, 0.05) is 22.7 Å². The number of hydrogen-bond acceptors (Lipinski definition) is 1. The molecule has 2 rings (SSSR count). The number of rotatable bonds is 2. The first-order valence-electron chi connectivity index (χ1n) is 4.85. The number of hydrogen-bond donors (Lipinski definition) is 1. The average molecular weight is 252 g/mol. The molecule has 2 aromatic rings. The third-order valence-corrected chi connectivity index (χ3v) is 2.54. The number of halogens is 2. The van der Waals surface area contributed by atoms with Gasteiger partial charge in [0.05, 0.1) is 4.91 Å². The minimum absolute atomic E-state index is 0.177. The van der Waals surface area contributed by atoms with Crippen LogP contribution in [0.5, 0.6) is 0 Å². The van der Waals surface area contributed by atoms with Crippen LogP contribution in [0.4, 0.5) is 10.1 Å². The molecule has 0 radical (unpaired) electrons. The van der Waals surface area contributed by atoms with Gasteiger partial charge in [-0.25, -0.2) is 4.39 Å². The summed E-state index contributed by atoms with van der Waals surface area (Å²) in [5.74, 6) is 4.71. The Morgan fingerprint density at radius 3 is 2.53 bits per heavy atom. The van der Waals surface area contributed by atoms with E-state index in [1.54, 1.807) is 24.3 Å². The van der Waals surface area contributed by atoms with Gasteiger partial charge in [-0.15, -0.1) is 0 Å². The maximum absolute atomic E-state index is 13.6. The van der Waals surface area contributed by atoms with Crippen molar-refractivity contribution in [2.75, 3.05) is 0 Å². The highest BCUT2D eigenvalue weighted by Gasteiger charge is 2.14. The van der Waals surface area contributed by atoms with Gasteiger partial charge in [0.15, 0.2) is 4.87 Å². The van der Waals surface area contributed by atoms with E-state index in [4.69, 9.17) is 17.4 Å². The zero-order chi connectivity index (χ0) is 12.4. The Kier molecular flexibility index (Phi) is 3.06. The number of benzene rings is 2. The van der Waals surface area contributed by atoms with Crippen LogP contribution < -0.4 is 5.84 Å². The highest BCUT2D eigenvalue weighted by Crippen LogP contribution is 2.29. The number of nitrogens with zero attached hydrogens (tertiary/aromatic N) is 1. The van der Waals surface area contributed by atoms with Crippen molar-refractivity contribution in [3.63, 3.8) is 0 Å². The average Bonchev–Trinajstić information content (AvgIpc) is 2.28. The molecule has 0 amide bonds. The van der Waals surface area contributed by atoms with Gasteiger partial charge in [-0.3, -0.25) is 0 Å². The van der Waals surface area contributed by atoms with Crippen molar-refractivity contribution in [1.82, 2.24) is 0 Å². The summed E-state index contributed by atoms with van der Waals surface area (Å²) in [7, 11) is 0. The van der Waals surface area contributed by atoms with E-state index in [0.29, 0.717) is 16.1 Å².